The third-order valence-corrected chi connectivity index (χ3v) is 4.89. The number of alkyl halides is 2. The average molecular weight is 431 g/mol. The van der Waals surface area contributed by atoms with Gasteiger partial charge in [0, 0.05) is 19.2 Å². The van der Waals surface area contributed by atoms with E-state index in [1.54, 1.807) is 12.1 Å². The maximum atomic E-state index is 13.7. The zero-order valence-corrected chi connectivity index (χ0v) is 16.4. The molecule has 0 aliphatic carbocycles. The second-order valence-electron chi connectivity index (χ2n) is 7.15. The van der Waals surface area contributed by atoms with Gasteiger partial charge in [0.05, 0.1) is 36.6 Å². The van der Waals surface area contributed by atoms with E-state index in [2.05, 4.69) is 15.6 Å². The summed E-state index contributed by atoms with van der Waals surface area (Å²) in [4.78, 5) is 29.7. The Morgan fingerprint density at radius 2 is 2.00 bits per heavy atom. The highest BCUT2D eigenvalue weighted by Crippen LogP contribution is 2.30. The van der Waals surface area contributed by atoms with Crippen molar-refractivity contribution in [1.29, 1.82) is 5.26 Å². The van der Waals surface area contributed by atoms with Crippen molar-refractivity contribution in [2.75, 3.05) is 18.4 Å². The molecule has 1 aromatic carbocycles. The van der Waals surface area contributed by atoms with E-state index in [0.717, 1.165) is 10.5 Å². The molecule has 1 aliphatic heterocycles. The van der Waals surface area contributed by atoms with Gasteiger partial charge in [-0.25, -0.2) is 13.2 Å². The van der Waals surface area contributed by atoms with Gasteiger partial charge < -0.3 is 15.5 Å². The first-order valence-electron chi connectivity index (χ1n) is 9.56. The first-order valence-corrected chi connectivity index (χ1v) is 9.56. The minimum absolute atomic E-state index is 0.120. The van der Waals surface area contributed by atoms with Crippen LogP contribution in [0.1, 0.15) is 28.8 Å². The molecule has 2 N–H and O–H groups in total. The van der Waals surface area contributed by atoms with Crippen molar-refractivity contribution in [2.45, 2.75) is 31.4 Å². The molecule has 1 aliphatic rings. The second-order valence-corrected chi connectivity index (χ2v) is 7.15. The number of hydrogen-bond acceptors (Lipinski definition) is 5. The zero-order chi connectivity index (χ0) is 22.4. The summed E-state index contributed by atoms with van der Waals surface area (Å²) in [6, 6.07) is 8.18. The van der Waals surface area contributed by atoms with Gasteiger partial charge in [-0.15, -0.1) is 0 Å². The minimum atomic E-state index is -3.06. The molecule has 2 amide bonds. The van der Waals surface area contributed by atoms with Gasteiger partial charge in [0.1, 0.15) is 11.9 Å². The zero-order valence-electron chi connectivity index (χ0n) is 16.4. The number of anilines is 1. The maximum Gasteiger partial charge on any atom is 0.265 e. The first-order chi connectivity index (χ1) is 14.8. The highest BCUT2D eigenvalue weighted by atomic mass is 19.3. The summed E-state index contributed by atoms with van der Waals surface area (Å²) >= 11 is 0. The van der Waals surface area contributed by atoms with Crippen LogP contribution in [0, 0.1) is 17.1 Å². The molecule has 0 spiro atoms. The standard InChI is InChI=1S/C21H20F3N5O2/c22-15-3-1-14(2-4-15)10-27-18-11-26-8-6-17(18)20(31)28-12-19(30)29-13-21(23,24)7-5-16(29)9-25/h1-4,6,8,11,16,27H,5,7,10,12-13H2,(H,28,31). The Bertz CT molecular complexity index is 991. The van der Waals surface area contributed by atoms with Gasteiger partial charge >= 0.3 is 0 Å². The van der Waals surface area contributed by atoms with E-state index in [0.29, 0.717) is 12.2 Å². The quantitative estimate of drug-likeness (QED) is 0.733. The van der Waals surface area contributed by atoms with Gasteiger partial charge in [-0.2, -0.15) is 5.26 Å². The van der Waals surface area contributed by atoms with Crippen molar-refractivity contribution < 1.29 is 22.8 Å². The monoisotopic (exact) mass is 431 g/mol. The average Bonchev–Trinajstić information content (AvgIpc) is 2.76. The Balaban J connectivity index is 1.62. The summed E-state index contributed by atoms with van der Waals surface area (Å²) < 4.78 is 40.3. The fourth-order valence-corrected chi connectivity index (χ4v) is 3.22. The molecule has 1 aromatic heterocycles. The molecule has 10 heteroatoms. The molecule has 3 rings (SSSR count). The highest BCUT2D eigenvalue weighted by Gasteiger charge is 2.42. The third-order valence-electron chi connectivity index (χ3n) is 4.89. The predicted octanol–water partition coefficient (Wildman–Crippen LogP) is 2.71. The molecule has 7 nitrogen and oxygen atoms in total. The molecule has 0 saturated carbocycles. The van der Waals surface area contributed by atoms with Crippen LogP contribution in [-0.2, 0) is 11.3 Å². The van der Waals surface area contributed by atoms with Crippen LogP contribution in [0.5, 0.6) is 0 Å². The number of carbonyl (C=O) groups is 2. The molecule has 1 atom stereocenters. The lowest BCUT2D eigenvalue weighted by Gasteiger charge is -2.36. The third kappa shape index (κ3) is 5.72. The minimum Gasteiger partial charge on any atom is -0.379 e. The summed E-state index contributed by atoms with van der Waals surface area (Å²) in [5.41, 5.74) is 1.36. The molecule has 162 valence electrons. The normalized spacial score (nSPS) is 17.5. The number of hydrogen-bond donors (Lipinski definition) is 2. The van der Waals surface area contributed by atoms with Crippen LogP contribution < -0.4 is 10.6 Å². The van der Waals surface area contributed by atoms with E-state index in [1.807, 2.05) is 6.07 Å². The van der Waals surface area contributed by atoms with Gasteiger partial charge in [-0.05, 0) is 30.2 Å². The molecule has 1 saturated heterocycles. The lowest BCUT2D eigenvalue weighted by Crippen LogP contribution is -2.53. The topological polar surface area (TPSA) is 98.1 Å². The van der Waals surface area contributed by atoms with Crippen LogP contribution in [-0.4, -0.2) is 46.8 Å². The Hall–Kier alpha value is -3.61. The number of rotatable bonds is 6. The molecular formula is C21H20F3N5O2. The molecule has 0 bridgehead atoms. The Kier molecular flexibility index (Phi) is 6.74. The fraction of sp³-hybridized carbons (Fsp3) is 0.333. The van der Waals surface area contributed by atoms with Crippen molar-refractivity contribution in [3.05, 3.63) is 59.7 Å². The summed E-state index contributed by atoms with van der Waals surface area (Å²) in [6.07, 6.45) is 2.25. The van der Waals surface area contributed by atoms with E-state index in [4.69, 9.17) is 5.26 Å². The number of halogens is 3. The number of benzene rings is 1. The van der Waals surface area contributed by atoms with E-state index in [1.165, 1.54) is 30.6 Å². The van der Waals surface area contributed by atoms with E-state index < -0.39 is 43.3 Å². The molecule has 2 heterocycles. The molecule has 1 fully saturated rings. The Morgan fingerprint density at radius 3 is 2.71 bits per heavy atom. The molecule has 0 radical (unpaired) electrons. The highest BCUT2D eigenvalue weighted by molar-refractivity contribution is 6.00. The Labute approximate surface area is 176 Å². The SMILES string of the molecule is N#CC1CCC(F)(F)CN1C(=O)CNC(=O)c1ccncc1NCc1ccc(F)cc1. The smallest absolute Gasteiger partial charge is 0.265 e. The summed E-state index contributed by atoms with van der Waals surface area (Å²) in [5, 5.41) is 14.6. The number of piperidine rings is 1. The van der Waals surface area contributed by atoms with Crippen molar-refractivity contribution in [3.63, 3.8) is 0 Å². The van der Waals surface area contributed by atoms with Gasteiger partial charge in [-0.1, -0.05) is 12.1 Å². The number of likely N-dealkylation sites (tertiary alicyclic amines) is 1. The van der Waals surface area contributed by atoms with Gasteiger partial charge in [0.2, 0.25) is 5.91 Å². The molecule has 2 aromatic rings. The van der Waals surface area contributed by atoms with Gasteiger partial charge in [0.25, 0.3) is 11.8 Å². The number of nitrogens with one attached hydrogen (secondary N) is 2. The van der Waals surface area contributed by atoms with Crippen molar-refractivity contribution in [2.24, 2.45) is 0 Å². The Morgan fingerprint density at radius 1 is 1.26 bits per heavy atom. The fourth-order valence-electron chi connectivity index (χ4n) is 3.22. The molecule has 31 heavy (non-hydrogen) atoms. The lowest BCUT2D eigenvalue weighted by molar-refractivity contribution is -0.143. The number of aromatic nitrogens is 1. The number of nitrogens with zero attached hydrogens (tertiary/aromatic N) is 3. The second kappa shape index (κ2) is 9.47. The van der Waals surface area contributed by atoms with Crippen LogP contribution in [0.3, 0.4) is 0 Å². The van der Waals surface area contributed by atoms with Crippen LogP contribution in [0.15, 0.2) is 42.7 Å². The number of amides is 2. The van der Waals surface area contributed by atoms with Crippen LogP contribution in [0.4, 0.5) is 18.9 Å². The van der Waals surface area contributed by atoms with E-state index >= 15 is 0 Å². The van der Waals surface area contributed by atoms with E-state index in [-0.39, 0.29) is 17.8 Å². The van der Waals surface area contributed by atoms with Crippen LogP contribution in [0.25, 0.3) is 0 Å². The van der Waals surface area contributed by atoms with Crippen molar-refractivity contribution in [3.8, 4) is 6.07 Å². The summed E-state index contributed by atoms with van der Waals surface area (Å²) in [7, 11) is 0. The van der Waals surface area contributed by atoms with Crippen LogP contribution >= 0.6 is 0 Å². The van der Waals surface area contributed by atoms with Gasteiger partial charge in [0.15, 0.2) is 0 Å². The first kappa shape index (κ1) is 22.1. The largest absolute Gasteiger partial charge is 0.379 e. The summed E-state index contributed by atoms with van der Waals surface area (Å²) in [5.74, 6) is -4.78. The number of pyridine rings is 1. The van der Waals surface area contributed by atoms with Gasteiger partial charge in [-0.3, -0.25) is 14.6 Å². The lowest BCUT2D eigenvalue weighted by atomic mass is 10.00. The summed E-state index contributed by atoms with van der Waals surface area (Å²) in [6.45, 7) is -1.07. The predicted molar refractivity (Wildman–Crippen MR) is 106 cm³/mol. The van der Waals surface area contributed by atoms with Crippen LogP contribution in [0.2, 0.25) is 0 Å². The number of nitriles is 1. The van der Waals surface area contributed by atoms with E-state index in [9.17, 15) is 22.8 Å². The molecule has 1 unspecified atom stereocenters. The van der Waals surface area contributed by atoms with Crippen molar-refractivity contribution in [1.82, 2.24) is 15.2 Å². The molecular weight excluding hydrogens is 411 g/mol. The number of carbonyl (C=O) groups excluding carboxylic acids is 2. The van der Waals surface area contributed by atoms with Crippen molar-refractivity contribution >= 4 is 17.5 Å². The maximum absolute atomic E-state index is 13.7.